The van der Waals surface area contributed by atoms with E-state index >= 15 is 0 Å². The molecule has 0 aromatic heterocycles. The first-order valence-corrected chi connectivity index (χ1v) is 31.6. The zero-order valence-corrected chi connectivity index (χ0v) is 48.8. The van der Waals surface area contributed by atoms with Crippen molar-refractivity contribution in [3.05, 3.63) is 85.1 Å². The summed E-state index contributed by atoms with van der Waals surface area (Å²) < 4.78 is 16.9. The number of hydrogen-bond donors (Lipinski definition) is 0. The van der Waals surface area contributed by atoms with Crippen molar-refractivity contribution in [3.63, 3.8) is 0 Å². The van der Waals surface area contributed by atoms with Gasteiger partial charge in [0.25, 0.3) is 0 Å². The largest absolute Gasteiger partial charge is 0.462 e. The van der Waals surface area contributed by atoms with Gasteiger partial charge in [0, 0.05) is 19.3 Å². The highest BCUT2D eigenvalue weighted by Gasteiger charge is 2.19. The number of allylic oxidation sites excluding steroid dienone is 14. The van der Waals surface area contributed by atoms with Crippen LogP contribution in [0.15, 0.2) is 85.1 Å². The average molecular weight is 1030 g/mol. The van der Waals surface area contributed by atoms with Crippen LogP contribution in [-0.2, 0) is 28.6 Å². The molecule has 0 N–H and O–H groups in total. The summed E-state index contributed by atoms with van der Waals surface area (Å²) in [4.78, 5) is 38.3. The van der Waals surface area contributed by atoms with Crippen LogP contribution in [0.2, 0.25) is 0 Å². The van der Waals surface area contributed by atoms with Gasteiger partial charge in [-0.2, -0.15) is 0 Å². The van der Waals surface area contributed by atoms with Gasteiger partial charge >= 0.3 is 17.9 Å². The molecule has 0 radical (unpaired) electrons. The molecule has 0 saturated heterocycles. The Kier molecular flexibility index (Phi) is 59.3. The molecule has 0 rings (SSSR count). The van der Waals surface area contributed by atoms with Gasteiger partial charge in [0.05, 0.1) is 0 Å². The van der Waals surface area contributed by atoms with E-state index in [2.05, 4.69) is 106 Å². The number of unbranched alkanes of at least 4 members (excludes halogenated alkanes) is 32. The van der Waals surface area contributed by atoms with E-state index < -0.39 is 6.10 Å². The van der Waals surface area contributed by atoms with Gasteiger partial charge in [-0.25, -0.2) is 0 Å². The molecule has 0 heterocycles. The predicted molar refractivity (Wildman–Crippen MR) is 321 cm³/mol. The van der Waals surface area contributed by atoms with Gasteiger partial charge in [-0.1, -0.05) is 260 Å². The maximum Gasteiger partial charge on any atom is 0.306 e. The van der Waals surface area contributed by atoms with Crippen LogP contribution >= 0.6 is 0 Å². The number of rotatable bonds is 57. The van der Waals surface area contributed by atoms with Crippen molar-refractivity contribution in [1.29, 1.82) is 0 Å². The number of carbonyl (C=O) groups is 3. The molecule has 0 aliphatic heterocycles. The van der Waals surface area contributed by atoms with Crippen molar-refractivity contribution < 1.29 is 28.6 Å². The molecule has 0 aromatic carbocycles. The number of carbonyl (C=O) groups excluding carboxylic acids is 3. The lowest BCUT2D eigenvalue weighted by Gasteiger charge is -2.18. The summed E-state index contributed by atoms with van der Waals surface area (Å²) >= 11 is 0. The van der Waals surface area contributed by atoms with Crippen molar-refractivity contribution >= 4 is 17.9 Å². The van der Waals surface area contributed by atoms with E-state index in [0.29, 0.717) is 19.3 Å². The molecular weight excluding hydrogens is 913 g/mol. The van der Waals surface area contributed by atoms with E-state index in [1.165, 1.54) is 167 Å². The molecule has 0 aromatic rings. The van der Waals surface area contributed by atoms with E-state index in [0.717, 1.165) is 103 Å². The van der Waals surface area contributed by atoms with E-state index in [9.17, 15) is 14.4 Å². The summed E-state index contributed by atoms with van der Waals surface area (Å²) in [6.07, 6.45) is 81.5. The second-order valence-corrected chi connectivity index (χ2v) is 20.9. The predicted octanol–water partition coefficient (Wildman–Crippen LogP) is 21.5. The smallest absolute Gasteiger partial charge is 0.306 e. The van der Waals surface area contributed by atoms with Gasteiger partial charge in [-0.15, -0.1) is 0 Å². The summed E-state index contributed by atoms with van der Waals surface area (Å²) in [5.74, 6) is -0.891. The van der Waals surface area contributed by atoms with Crippen molar-refractivity contribution in [2.75, 3.05) is 13.2 Å². The van der Waals surface area contributed by atoms with Crippen molar-refractivity contribution in [1.82, 2.24) is 0 Å². The first-order valence-electron chi connectivity index (χ1n) is 31.6. The van der Waals surface area contributed by atoms with Crippen LogP contribution in [0.3, 0.4) is 0 Å². The van der Waals surface area contributed by atoms with Crippen LogP contribution in [0.1, 0.15) is 310 Å². The summed E-state index contributed by atoms with van der Waals surface area (Å²) in [7, 11) is 0. The Bertz CT molecular complexity index is 1420. The zero-order chi connectivity index (χ0) is 53.6. The molecule has 0 fully saturated rings. The van der Waals surface area contributed by atoms with Gasteiger partial charge in [0.1, 0.15) is 13.2 Å². The van der Waals surface area contributed by atoms with Gasteiger partial charge in [-0.05, 0) is 116 Å². The van der Waals surface area contributed by atoms with Crippen LogP contribution in [0.5, 0.6) is 0 Å². The molecule has 1 atom stereocenters. The molecule has 0 bridgehead atoms. The molecule has 0 saturated carbocycles. The Labute approximate surface area is 458 Å². The lowest BCUT2D eigenvalue weighted by atomic mass is 10.1. The highest BCUT2D eigenvalue weighted by atomic mass is 16.6. The molecular formula is C68H118O6. The van der Waals surface area contributed by atoms with Crippen molar-refractivity contribution in [2.24, 2.45) is 0 Å². The standard InChI is InChI=1S/C68H118O6/c1-4-7-10-13-16-19-22-25-27-29-31-32-33-34-35-36-37-39-40-43-46-49-52-55-58-61-67(70)73-64-65(63-72-66(69)60-57-54-51-48-45-42-24-21-18-15-12-9-6-3)74-68(71)62-59-56-53-50-47-44-41-38-30-28-26-23-20-17-14-11-8-5-2/h7,10,16,19,21,24-25,27-28,30-32,34-35,65H,4-6,8-9,11-15,17-18,20,22-23,26,29,33,36-64H2,1-3H3/b10-7-,19-16-,24-21-,27-25-,30-28-,32-31-,35-34-. The first kappa shape index (κ1) is 70.6. The second-order valence-electron chi connectivity index (χ2n) is 20.9. The Balaban J connectivity index is 4.33. The molecule has 0 aliphatic rings. The fourth-order valence-corrected chi connectivity index (χ4v) is 8.87. The summed E-state index contributed by atoms with van der Waals surface area (Å²) in [5, 5.41) is 0. The quantitative estimate of drug-likeness (QED) is 0.0261. The highest BCUT2D eigenvalue weighted by molar-refractivity contribution is 5.71. The SMILES string of the molecule is CC/C=C\C/C=C\C/C=C\C/C=C\C/C=C\CCCCCCCCCCCC(=O)OCC(COC(=O)CCCCCCC/C=C\CCCCCC)OC(=O)CCCCCCCCC/C=C\CCCCCCCCC. The Hall–Kier alpha value is -3.41. The molecule has 1 unspecified atom stereocenters. The fraction of sp³-hybridized carbons (Fsp3) is 0.750. The zero-order valence-electron chi connectivity index (χ0n) is 48.8. The Morgan fingerprint density at radius 1 is 0.284 bits per heavy atom. The number of hydrogen-bond acceptors (Lipinski definition) is 6. The molecule has 6 nitrogen and oxygen atoms in total. The Morgan fingerprint density at radius 3 is 0.851 bits per heavy atom. The van der Waals surface area contributed by atoms with E-state index in [-0.39, 0.29) is 31.1 Å². The summed E-state index contributed by atoms with van der Waals surface area (Å²) in [6, 6.07) is 0. The molecule has 0 aliphatic carbocycles. The average Bonchev–Trinajstić information content (AvgIpc) is 3.40. The summed E-state index contributed by atoms with van der Waals surface area (Å²) in [5.41, 5.74) is 0. The normalized spacial score (nSPS) is 12.6. The van der Waals surface area contributed by atoms with Crippen LogP contribution in [-0.4, -0.2) is 37.2 Å². The van der Waals surface area contributed by atoms with Crippen LogP contribution in [0.25, 0.3) is 0 Å². The van der Waals surface area contributed by atoms with E-state index in [4.69, 9.17) is 14.2 Å². The maximum absolute atomic E-state index is 12.9. The molecule has 0 amide bonds. The van der Waals surface area contributed by atoms with E-state index in [1.807, 2.05) is 0 Å². The molecule has 6 heteroatoms. The second kappa shape index (κ2) is 62.1. The van der Waals surface area contributed by atoms with Crippen molar-refractivity contribution in [3.8, 4) is 0 Å². The van der Waals surface area contributed by atoms with Crippen LogP contribution in [0, 0.1) is 0 Å². The van der Waals surface area contributed by atoms with E-state index in [1.54, 1.807) is 0 Å². The Morgan fingerprint density at radius 2 is 0.527 bits per heavy atom. The third kappa shape index (κ3) is 59.5. The molecule has 0 spiro atoms. The first-order chi connectivity index (χ1) is 36.5. The van der Waals surface area contributed by atoms with Gasteiger partial charge in [0.2, 0.25) is 0 Å². The van der Waals surface area contributed by atoms with Gasteiger partial charge in [-0.3, -0.25) is 14.4 Å². The molecule has 426 valence electrons. The number of ether oxygens (including phenoxy) is 3. The maximum atomic E-state index is 12.9. The van der Waals surface area contributed by atoms with Gasteiger partial charge in [0.15, 0.2) is 6.10 Å². The van der Waals surface area contributed by atoms with Gasteiger partial charge < -0.3 is 14.2 Å². The topological polar surface area (TPSA) is 78.9 Å². The summed E-state index contributed by atoms with van der Waals surface area (Å²) in [6.45, 7) is 6.52. The minimum atomic E-state index is -0.785. The third-order valence-electron chi connectivity index (χ3n) is 13.6. The number of esters is 3. The third-order valence-corrected chi connectivity index (χ3v) is 13.6. The lowest BCUT2D eigenvalue weighted by Crippen LogP contribution is -2.30. The minimum absolute atomic E-state index is 0.0829. The lowest BCUT2D eigenvalue weighted by molar-refractivity contribution is -0.167. The minimum Gasteiger partial charge on any atom is -0.462 e. The van der Waals surface area contributed by atoms with Crippen molar-refractivity contribution in [2.45, 2.75) is 316 Å². The fourth-order valence-electron chi connectivity index (χ4n) is 8.87. The van der Waals surface area contributed by atoms with Crippen LogP contribution < -0.4 is 0 Å². The van der Waals surface area contributed by atoms with Crippen LogP contribution in [0.4, 0.5) is 0 Å². The highest BCUT2D eigenvalue weighted by Crippen LogP contribution is 2.16. The monoisotopic (exact) mass is 1030 g/mol. The molecule has 74 heavy (non-hydrogen) atoms.